The Morgan fingerprint density at radius 1 is 0.750 bits per heavy atom. The Hall–Kier alpha value is -4.13. The highest BCUT2D eigenvalue weighted by molar-refractivity contribution is 6.31. The Morgan fingerprint density at radius 2 is 1.32 bits per heavy atom. The van der Waals surface area contributed by atoms with E-state index in [2.05, 4.69) is 15.6 Å². The Labute approximate surface area is 244 Å². The van der Waals surface area contributed by atoms with Crippen LogP contribution in [0.2, 0.25) is 10.0 Å². The van der Waals surface area contributed by atoms with E-state index in [4.69, 9.17) is 27.9 Å². The Balaban J connectivity index is 1.66. The molecule has 0 aliphatic heterocycles. The third kappa shape index (κ3) is 8.18. The van der Waals surface area contributed by atoms with Crippen molar-refractivity contribution in [3.05, 3.63) is 118 Å². The summed E-state index contributed by atoms with van der Waals surface area (Å²) in [6, 6.07) is 29.9. The van der Waals surface area contributed by atoms with Crippen molar-refractivity contribution in [1.82, 2.24) is 10.6 Å². The molecule has 0 aliphatic rings. The number of nitrogens with one attached hydrogen (secondary N) is 2. The first kappa shape index (κ1) is 28.9. The van der Waals surface area contributed by atoms with Gasteiger partial charge in [-0.2, -0.15) is 0 Å². The summed E-state index contributed by atoms with van der Waals surface area (Å²) in [5, 5.41) is 6.56. The first-order valence-corrected chi connectivity index (χ1v) is 13.4. The Kier molecular flexibility index (Phi) is 9.25. The van der Waals surface area contributed by atoms with Crippen molar-refractivity contribution in [2.24, 2.45) is 4.99 Å². The van der Waals surface area contributed by atoms with E-state index in [0.717, 1.165) is 27.8 Å². The quantitative estimate of drug-likeness (QED) is 0.187. The van der Waals surface area contributed by atoms with Crippen LogP contribution in [0.15, 0.2) is 102 Å². The molecule has 4 aromatic carbocycles. The lowest BCUT2D eigenvalue weighted by atomic mass is 9.93. The van der Waals surface area contributed by atoms with E-state index >= 15 is 0 Å². The monoisotopic (exact) mass is 573 g/mol. The van der Waals surface area contributed by atoms with Crippen molar-refractivity contribution in [2.45, 2.75) is 32.9 Å². The van der Waals surface area contributed by atoms with E-state index < -0.39 is 17.6 Å². The van der Waals surface area contributed by atoms with Gasteiger partial charge in [-0.15, -0.1) is 0 Å². The van der Waals surface area contributed by atoms with Gasteiger partial charge in [-0.25, -0.2) is 9.79 Å². The molecule has 2 N–H and O–H groups in total. The van der Waals surface area contributed by atoms with Crippen molar-refractivity contribution in [3.63, 3.8) is 0 Å². The van der Waals surface area contributed by atoms with E-state index in [9.17, 15) is 9.59 Å². The average molecular weight is 575 g/mol. The van der Waals surface area contributed by atoms with Crippen molar-refractivity contribution < 1.29 is 14.3 Å². The third-order valence-corrected chi connectivity index (χ3v) is 6.21. The van der Waals surface area contributed by atoms with Crippen LogP contribution in [0.5, 0.6) is 0 Å². The van der Waals surface area contributed by atoms with Gasteiger partial charge in [0.15, 0.2) is 0 Å². The van der Waals surface area contributed by atoms with Crippen LogP contribution in [0.3, 0.4) is 0 Å². The van der Waals surface area contributed by atoms with Crippen LogP contribution in [0, 0.1) is 0 Å². The normalized spacial score (nSPS) is 11.6. The standard InChI is InChI=1S/C32H29Cl2N3O3/c1-32(2,3)40-31(39)37-30(36-29(38)24-7-5-4-6-8-24)35-20-21-9-18-27(22-10-14-25(33)15-11-22)28(19-21)23-12-16-26(34)17-13-23/h4-19H,20H2,1-3H3,(H2,35,36,37,38,39). The minimum atomic E-state index is -0.723. The molecule has 0 aromatic heterocycles. The number of carbonyl (C=O) groups excluding carboxylic acids is 2. The van der Waals surface area contributed by atoms with E-state index in [-0.39, 0.29) is 12.5 Å². The maximum absolute atomic E-state index is 12.8. The molecule has 0 aliphatic carbocycles. The van der Waals surface area contributed by atoms with Crippen molar-refractivity contribution in [3.8, 4) is 22.3 Å². The first-order chi connectivity index (χ1) is 19.1. The fourth-order valence-corrected chi connectivity index (χ4v) is 4.14. The second kappa shape index (κ2) is 12.8. The van der Waals surface area contributed by atoms with E-state index in [1.807, 2.05) is 72.8 Å². The van der Waals surface area contributed by atoms with Gasteiger partial charge >= 0.3 is 6.09 Å². The molecule has 6 nitrogen and oxygen atoms in total. The van der Waals surface area contributed by atoms with Crippen LogP contribution in [0.4, 0.5) is 4.79 Å². The van der Waals surface area contributed by atoms with Crippen LogP contribution >= 0.6 is 23.2 Å². The van der Waals surface area contributed by atoms with Gasteiger partial charge < -0.3 is 4.74 Å². The van der Waals surface area contributed by atoms with Crippen LogP contribution in [-0.2, 0) is 11.3 Å². The van der Waals surface area contributed by atoms with E-state index in [0.29, 0.717) is 15.6 Å². The molecule has 0 saturated heterocycles. The Bertz CT molecular complexity index is 1510. The second-order valence-corrected chi connectivity index (χ2v) is 10.9. The van der Waals surface area contributed by atoms with E-state index in [1.54, 1.807) is 45.0 Å². The Morgan fingerprint density at radius 3 is 1.90 bits per heavy atom. The third-order valence-electron chi connectivity index (χ3n) is 5.70. The van der Waals surface area contributed by atoms with Gasteiger partial charge in [0.05, 0.1) is 6.54 Å². The molecule has 4 aromatic rings. The number of alkyl carbamates (subject to hydrolysis) is 1. The molecule has 204 valence electrons. The predicted octanol–water partition coefficient (Wildman–Crippen LogP) is 8.14. The number of rotatable bonds is 5. The maximum atomic E-state index is 12.8. The van der Waals surface area contributed by atoms with Crippen LogP contribution in [-0.4, -0.2) is 23.6 Å². The lowest BCUT2D eigenvalue weighted by Gasteiger charge is -2.20. The SMILES string of the molecule is CC(C)(C)OC(=O)NC(=NCc1ccc(-c2ccc(Cl)cc2)c(-c2ccc(Cl)cc2)c1)NC(=O)c1ccccc1. The fraction of sp³-hybridized carbons (Fsp3) is 0.156. The molecule has 0 bridgehead atoms. The van der Waals surface area contributed by atoms with Crippen LogP contribution in [0.25, 0.3) is 22.3 Å². The zero-order valence-electron chi connectivity index (χ0n) is 22.4. The molecule has 0 heterocycles. The van der Waals surface area contributed by atoms with Crippen LogP contribution in [0.1, 0.15) is 36.7 Å². The second-order valence-electron chi connectivity index (χ2n) is 10.0. The number of nitrogens with zero attached hydrogens (tertiary/aromatic N) is 1. The molecule has 0 spiro atoms. The van der Waals surface area contributed by atoms with Gasteiger partial charge in [0.1, 0.15) is 5.60 Å². The molecule has 8 heteroatoms. The number of hydrogen-bond acceptors (Lipinski definition) is 4. The lowest BCUT2D eigenvalue weighted by Crippen LogP contribution is -2.45. The van der Waals surface area contributed by atoms with E-state index in [1.165, 1.54) is 0 Å². The molecule has 0 fully saturated rings. The summed E-state index contributed by atoms with van der Waals surface area (Å²) in [6.07, 6.45) is -0.723. The van der Waals surface area contributed by atoms with Crippen LogP contribution < -0.4 is 10.6 Å². The number of carbonyl (C=O) groups is 2. The molecule has 4 rings (SSSR count). The topological polar surface area (TPSA) is 79.8 Å². The summed E-state index contributed by atoms with van der Waals surface area (Å²) >= 11 is 12.3. The molecular weight excluding hydrogens is 545 g/mol. The number of guanidine groups is 1. The minimum Gasteiger partial charge on any atom is -0.444 e. The number of ether oxygens (including phenoxy) is 1. The van der Waals surface area contributed by atoms with Crippen molar-refractivity contribution in [2.75, 3.05) is 0 Å². The molecule has 0 radical (unpaired) electrons. The summed E-state index contributed by atoms with van der Waals surface area (Å²) in [7, 11) is 0. The summed E-state index contributed by atoms with van der Waals surface area (Å²) in [5.74, 6) is -0.423. The zero-order valence-corrected chi connectivity index (χ0v) is 23.9. The molecule has 0 saturated carbocycles. The maximum Gasteiger partial charge on any atom is 0.414 e. The van der Waals surface area contributed by atoms with Gasteiger partial charge in [-0.1, -0.05) is 77.8 Å². The summed E-state index contributed by atoms with van der Waals surface area (Å²) < 4.78 is 5.36. The van der Waals surface area contributed by atoms with Gasteiger partial charge in [-0.3, -0.25) is 15.4 Å². The first-order valence-electron chi connectivity index (χ1n) is 12.6. The van der Waals surface area contributed by atoms with Gasteiger partial charge in [-0.05, 0) is 91.1 Å². The molecule has 0 unspecified atom stereocenters. The molecule has 0 atom stereocenters. The average Bonchev–Trinajstić information content (AvgIpc) is 2.92. The highest BCUT2D eigenvalue weighted by Gasteiger charge is 2.19. The number of benzene rings is 4. The van der Waals surface area contributed by atoms with Gasteiger partial charge in [0.2, 0.25) is 5.96 Å². The van der Waals surface area contributed by atoms with Gasteiger partial charge in [0.25, 0.3) is 5.91 Å². The highest BCUT2D eigenvalue weighted by atomic mass is 35.5. The zero-order chi connectivity index (χ0) is 28.7. The summed E-state index contributed by atoms with van der Waals surface area (Å²) in [6.45, 7) is 5.45. The molecular formula is C32H29Cl2N3O3. The van der Waals surface area contributed by atoms with Gasteiger partial charge in [0, 0.05) is 15.6 Å². The fourth-order valence-electron chi connectivity index (χ4n) is 3.89. The summed E-state index contributed by atoms with van der Waals surface area (Å²) in [5.41, 5.74) is 4.54. The molecule has 40 heavy (non-hydrogen) atoms. The molecule has 2 amide bonds. The highest BCUT2D eigenvalue weighted by Crippen LogP contribution is 2.34. The number of halogens is 2. The number of amides is 2. The summed E-state index contributed by atoms with van der Waals surface area (Å²) in [4.78, 5) is 29.9. The van der Waals surface area contributed by atoms with Crippen molar-refractivity contribution >= 4 is 41.2 Å². The largest absolute Gasteiger partial charge is 0.444 e. The number of hydrogen-bond donors (Lipinski definition) is 2. The smallest absolute Gasteiger partial charge is 0.414 e. The van der Waals surface area contributed by atoms with Crippen molar-refractivity contribution in [1.29, 1.82) is 0 Å². The number of aliphatic imine (C=N–C) groups is 1. The predicted molar refractivity (Wildman–Crippen MR) is 162 cm³/mol. The minimum absolute atomic E-state index is 0.0158. The lowest BCUT2D eigenvalue weighted by molar-refractivity contribution is 0.0561.